The highest BCUT2D eigenvalue weighted by atomic mass is 16.5. The van der Waals surface area contributed by atoms with Crippen molar-refractivity contribution in [1.82, 2.24) is 5.32 Å². The molecule has 2 unspecified atom stereocenters. The fourth-order valence-corrected chi connectivity index (χ4v) is 1.84. The van der Waals surface area contributed by atoms with Crippen LogP contribution in [0.3, 0.4) is 0 Å². The molecule has 0 aromatic heterocycles. The molecule has 3 nitrogen and oxygen atoms in total. The third-order valence-corrected chi connectivity index (χ3v) is 2.75. The molecule has 1 aliphatic heterocycles. The summed E-state index contributed by atoms with van der Waals surface area (Å²) >= 11 is 0. The number of nitrogens with zero attached hydrogens (tertiary/aromatic N) is 1. The Hall–Kier alpha value is -0.590. The first-order chi connectivity index (χ1) is 6.86. The SMILES string of the molecule is CCC(CC#N)NC1CCCOCC1. The number of nitriles is 1. The van der Waals surface area contributed by atoms with Gasteiger partial charge in [-0.05, 0) is 25.7 Å². The van der Waals surface area contributed by atoms with E-state index in [1.807, 2.05) is 0 Å². The minimum Gasteiger partial charge on any atom is -0.381 e. The van der Waals surface area contributed by atoms with E-state index in [0.29, 0.717) is 18.5 Å². The Balaban J connectivity index is 2.28. The molecular weight excluding hydrogens is 176 g/mol. The van der Waals surface area contributed by atoms with Crippen LogP contribution in [0.4, 0.5) is 0 Å². The highest BCUT2D eigenvalue weighted by Gasteiger charge is 2.15. The van der Waals surface area contributed by atoms with E-state index in [1.54, 1.807) is 0 Å². The largest absolute Gasteiger partial charge is 0.381 e. The molecular formula is C11H20N2O. The van der Waals surface area contributed by atoms with Gasteiger partial charge in [0.1, 0.15) is 0 Å². The Morgan fingerprint density at radius 1 is 1.50 bits per heavy atom. The first-order valence-corrected chi connectivity index (χ1v) is 5.57. The maximum Gasteiger partial charge on any atom is 0.0638 e. The molecule has 0 aliphatic carbocycles. The topological polar surface area (TPSA) is 45.0 Å². The van der Waals surface area contributed by atoms with Crippen molar-refractivity contribution >= 4 is 0 Å². The standard InChI is InChI=1S/C11H20N2O/c1-2-10(5-7-12)13-11-4-3-8-14-9-6-11/h10-11,13H,2-6,8-9H2,1H3. The number of hydrogen-bond acceptors (Lipinski definition) is 3. The second-order valence-corrected chi connectivity index (χ2v) is 3.87. The summed E-state index contributed by atoms with van der Waals surface area (Å²) < 4.78 is 5.39. The van der Waals surface area contributed by atoms with Crippen molar-refractivity contribution in [3.8, 4) is 6.07 Å². The van der Waals surface area contributed by atoms with Gasteiger partial charge in [-0.3, -0.25) is 0 Å². The van der Waals surface area contributed by atoms with E-state index in [1.165, 1.54) is 6.42 Å². The average molecular weight is 196 g/mol. The third kappa shape index (κ3) is 4.08. The molecule has 0 radical (unpaired) electrons. The van der Waals surface area contributed by atoms with E-state index in [9.17, 15) is 0 Å². The second-order valence-electron chi connectivity index (χ2n) is 3.87. The lowest BCUT2D eigenvalue weighted by molar-refractivity contribution is 0.142. The van der Waals surface area contributed by atoms with E-state index in [-0.39, 0.29) is 0 Å². The van der Waals surface area contributed by atoms with Gasteiger partial charge in [0, 0.05) is 25.3 Å². The molecule has 0 aromatic rings. The van der Waals surface area contributed by atoms with E-state index >= 15 is 0 Å². The molecule has 1 rings (SSSR count). The van der Waals surface area contributed by atoms with Gasteiger partial charge in [0.15, 0.2) is 0 Å². The zero-order chi connectivity index (χ0) is 10.2. The summed E-state index contributed by atoms with van der Waals surface area (Å²) in [5.74, 6) is 0. The quantitative estimate of drug-likeness (QED) is 0.746. The van der Waals surface area contributed by atoms with Crippen molar-refractivity contribution in [3.63, 3.8) is 0 Å². The molecule has 1 fully saturated rings. The molecule has 2 atom stereocenters. The average Bonchev–Trinajstić information content (AvgIpc) is 2.45. The smallest absolute Gasteiger partial charge is 0.0638 e. The van der Waals surface area contributed by atoms with Gasteiger partial charge < -0.3 is 10.1 Å². The Morgan fingerprint density at radius 2 is 2.36 bits per heavy atom. The van der Waals surface area contributed by atoms with Crippen LogP contribution in [-0.2, 0) is 4.74 Å². The van der Waals surface area contributed by atoms with Crippen LogP contribution in [0, 0.1) is 11.3 Å². The Morgan fingerprint density at radius 3 is 3.07 bits per heavy atom. The van der Waals surface area contributed by atoms with Gasteiger partial charge >= 0.3 is 0 Å². The Kier molecular flexibility index (Phi) is 5.58. The van der Waals surface area contributed by atoms with Crippen LogP contribution in [0.15, 0.2) is 0 Å². The van der Waals surface area contributed by atoms with Crippen LogP contribution >= 0.6 is 0 Å². The van der Waals surface area contributed by atoms with Gasteiger partial charge in [0.05, 0.1) is 12.5 Å². The lowest BCUT2D eigenvalue weighted by Gasteiger charge is -2.21. The summed E-state index contributed by atoms with van der Waals surface area (Å²) in [6.07, 6.45) is 5.06. The summed E-state index contributed by atoms with van der Waals surface area (Å²) in [6.45, 7) is 3.89. The van der Waals surface area contributed by atoms with Crippen LogP contribution in [0.1, 0.15) is 39.0 Å². The molecule has 1 N–H and O–H groups in total. The molecule has 1 aliphatic rings. The molecule has 3 heteroatoms. The minimum atomic E-state index is 0.364. The molecule has 0 aromatic carbocycles. The maximum atomic E-state index is 8.64. The van der Waals surface area contributed by atoms with Crippen molar-refractivity contribution in [2.24, 2.45) is 0 Å². The third-order valence-electron chi connectivity index (χ3n) is 2.75. The number of rotatable bonds is 4. The van der Waals surface area contributed by atoms with E-state index in [0.717, 1.165) is 32.5 Å². The lowest BCUT2D eigenvalue weighted by atomic mass is 10.1. The first kappa shape index (κ1) is 11.5. The fraction of sp³-hybridized carbons (Fsp3) is 0.909. The molecule has 1 heterocycles. The molecule has 80 valence electrons. The van der Waals surface area contributed by atoms with Gasteiger partial charge in [0.2, 0.25) is 0 Å². The van der Waals surface area contributed by atoms with E-state index < -0.39 is 0 Å². The minimum absolute atomic E-state index is 0.364. The monoisotopic (exact) mass is 196 g/mol. The first-order valence-electron chi connectivity index (χ1n) is 5.57. The number of nitrogens with one attached hydrogen (secondary N) is 1. The van der Waals surface area contributed by atoms with Gasteiger partial charge in [0.25, 0.3) is 0 Å². The summed E-state index contributed by atoms with van der Waals surface area (Å²) in [4.78, 5) is 0. The molecule has 0 amide bonds. The maximum absolute atomic E-state index is 8.64. The van der Waals surface area contributed by atoms with Crippen LogP contribution in [0.5, 0.6) is 0 Å². The predicted molar refractivity (Wildman–Crippen MR) is 55.9 cm³/mol. The summed E-state index contributed by atoms with van der Waals surface area (Å²) in [6, 6.07) is 3.15. The molecule has 0 spiro atoms. The van der Waals surface area contributed by atoms with Crippen molar-refractivity contribution in [2.75, 3.05) is 13.2 Å². The van der Waals surface area contributed by atoms with Crippen molar-refractivity contribution < 1.29 is 4.74 Å². The summed E-state index contributed by atoms with van der Waals surface area (Å²) in [5.41, 5.74) is 0. The molecule has 0 bridgehead atoms. The Bertz CT molecular complexity index is 180. The van der Waals surface area contributed by atoms with Gasteiger partial charge in [-0.1, -0.05) is 6.92 Å². The molecule has 0 saturated carbocycles. The lowest BCUT2D eigenvalue weighted by Crippen LogP contribution is -2.37. The predicted octanol–water partition coefficient (Wildman–Crippen LogP) is 1.84. The molecule has 1 saturated heterocycles. The van der Waals surface area contributed by atoms with Crippen LogP contribution in [-0.4, -0.2) is 25.3 Å². The fourth-order valence-electron chi connectivity index (χ4n) is 1.84. The van der Waals surface area contributed by atoms with Gasteiger partial charge in [-0.2, -0.15) is 5.26 Å². The number of ether oxygens (including phenoxy) is 1. The van der Waals surface area contributed by atoms with Crippen molar-refractivity contribution in [1.29, 1.82) is 5.26 Å². The van der Waals surface area contributed by atoms with Crippen LogP contribution < -0.4 is 5.32 Å². The van der Waals surface area contributed by atoms with Crippen LogP contribution in [0.25, 0.3) is 0 Å². The second kappa shape index (κ2) is 6.80. The molecule has 14 heavy (non-hydrogen) atoms. The van der Waals surface area contributed by atoms with Crippen LogP contribution in [0.2, 0.25) is 0 Å². The summed E-state index contributed by atoms with van der Waals surface area (Å²) in [7, 11) is 0. The van der Waals surface area contributed by atoms with E-state index in [4.69, 9.17) is 10.00 Å². The highest BCUT2D eigenvalue weighted by molar-refractivity contribution is 4.83. The Labute approximate surface area is 86.4 Å². The van der Waals surface area contributed by atoms with E-state index in [2.05, 4.69) is 18.3 Å². The summed E-state index contributed by atoms with van der Waals surface area (Å²) in [5, 5.41) is 12.2. The van der Waals surface area contributed by atoms with Crippen molar-refractivity contribution in [3.05, 3.63) is 0 Å². The van der Waals surface area contributed by atoms with Crippen molar-refractivity contribution in [2.45, 2.75) is 51.1 Å². The van der Waals surface area contributed by atoms with Gasteiger partial charge in [-0.25, -0.2) is 0 Å². The number of hydrogen-bond donors (Lipinski definition) is 1. The zero-order valence-corrected chi connectivity index (χ0v) is 8.96. The highest BCUT2D eigenvalue weighted by Crippen LogP contribution is 2.10. The van der Waals surface area contributed by atoms with Gasteiger partial charge in [-0.15, -0.1) is 0 Å². The zero-order valence-electron chi connectivity index (χ0n) is 8.96. The normalized spacial score (nSPS) is 25.0.